The summed E-state index contributed by atoms with van der Waals surface area (Å²) in [6, 6.07) is 0.296. The maximum atomic E-state index is 5.29. The summed E-state index contributed by atoms with van der Waals surface area (Å²) in [6.45, 7) is 5.33. The van der Waals surface area contributed by atoms with E-state index in [4.69, 9.17) is 6.42 Å². The Labute approximate surface area is 64.2 Å². The Hall–Kier alpha value is -0.480. The van der Waals surface area contributed by atoms with Gasteiger partial charge in [0.15, 0.2) is 0 Å². The second kappa shape index (κ2) is 6.64. The molecular weight excluding hydrogens is 122 g/mol. The molecule has 1 nitrogen and oxygen atoms in total. The molecule has 0 aromatic carbocycles. The van der Waals surface area contributed by atoms with Crippen LogP contribution in [0.2, 0.25) is 0 Å². The molecule has 0 heterocycles. The van der Waals surface area contributed by atoms with E-state index in [0.717, 1.165) is 25.8 Å². The molecule has 0 saturated carbocycles. The number of nitrogens with one attached hydrogen (secondary N) is 1. The van der Waals surface area contributed by atoms with E-state index in [9.17, 15) is 0 Å². The molecule has 0 aliphatic carbocycles. The lowest BCUT2D eigenvalue weighted by atomic mass is 10.2. The van der Waals surface area contributed by atoms with Crippen LogP contribution in [0.3, 0.4) is 0 Å². The van der Waals surface area contributed by atoms with E-state index in [1.165, 1.54) is 0 Å². The molecule has 0 bridgehead atoms. The second-order valence-electron chi connectivity index (χ2n) is 2.46. The van der Waals surface area contributed by atoms with Crippen LogP contribution >= 0.6 is 0 Å². The average molecular weight is 139 g/mol. The molecule has 0 aliphatic rings. The van der Waals surface area contributed by atoms with Crippen molar-refractivity contribution in [2.75, 3.05) is 6.54 Å². The molecule has 10 heavy (non-hydrogen) atoms. The highest BCUT2D eigenvalue weighted by molar-refractivity contribution is 4.98. The molecule has 1 atom stereocenters. The fourth-order valence-corrected chi connectivity index (χ4v) is 0.852. The molecule has 1 heteroatoms. The lowest BCUT2D eigenvalue weighted by molar-refractivity contribution is 0.560. The minimum absolute atomic E-state index is 0.296. The summed E-state index contributed by atoms with van der Waals surface area (Å²) in [5.74, 6) is 2.73. The monoisotopic (exact) mass is 139 g/mol. The molecular formula is C9H17N. The summed E-state index contributed by atoms with van der Waals surface area (Å²) in [5.41, 5.74) is 0. The molecule has 0 aromatic heterocycles. The predicted molar refractivity (Wildman–Crippen MR) is 45.8 cm³/mol. The minimum atomic E-state index is 0.296. The fourth-order valence-electron chi connectivity index (χ4n) is 0.852. The van der Waals surface area contributed by atoms with E-state index in [-0.39, 0.29) is 0 Å². The van der Waals surface area contributed by atoms with Crippen LogP contribution < -0.4 is 5.32 Å². The zero-order valence-electron chi connectivity index (χ0n) is 6.98. The van der Waals surface area contributed by atoms with Crippen molar-refractivity contribution in [1.82, 2.24) is 5.32 Å². The van der Waals surface area contributed by atoms with Gasteiger partial charge in [0.05, 0.1) is 6.04 Å². The zero-order valence-corrected chi connectivity index (χ0v) is 6.98. The van der Waals surface area contributed by atoms with Gasteiger partial charge in [0.25, 0.3) is 0 Å². The van der Waals surface area contributed by atoms with E-state index < -0.39 is 0 Å². The lowest BCUT2D eigenvalue weighted by Gasteiger charge is -2.09. The van der Waals surface area contributed by atoms with Crippen molar-refractivity contribution < 1.29 is 0 Å². The molecule has 0 aliphatic heterocycles. The maximum absolute atomic E-state index is 5.29. The first-order chi connectivity index (χ1) is 4.85. The SMILES string of the molecule is C#CC(CCC)NCCC. The van der Waals surface area contributed by atoms with Crippen LogP contribution in [0.1, 0.15) is 33.1 Å². The van der Waals surface area contributed by atoms with Gasteiger partial charge in [0.1, 0.15) is 0 Å². The van der Waals surface area contributed by atoms with E-state index in [1.807, 2.05) is 0 Å². The van der Waals surface area contributed by atoms with E-state index in [0.29, 0.717) is 6.04 Å². The standard InChI is InChI=1S/C9H17N/c1-4-7-9(6-3)10-8-5-2/h3,9-10H,4-5,7-8H2,1-2H3. The third-order valence-corrected chi connectivity index (χ3v) is 1.42. The quantitative estimate of drug-likeness (QED) is 0.573. The highest BCUT2D eigenvalue weighted by atomic mass is 14.9. The largest absolute Gasteiger partial charge is 0.304 e. The first-order valence-electron chi connectivity index (χ1n) is 4.04. The van der Waals surface area contributed by atoms with Gasteiger partial charge in [-0.05, 0) is 19.4 Å². The van der Waals surface area contributed by atoms with Crippen LogP contribution in [-0.4, -0.2) is 12.6 Å². The van der Waals surface area contributed by atoms with Crippen LogP contribution in [0.15, 0.2) is 0 Å². The highest BCUT2D eigenvalue weighted by Crippen LogP contribution is 1.93. The number of hydrogen-bond acceptors (Lipinski definition) is 1. The molecule has 0 radical (unpaired) electrons. The average Bonchev–Trinajstić information content (AvgIpc) is 1.98. The zero-order chi connectivity index (χ0) is 7.82. The van der Waals surface area contributed by atoms with E-state index in [2.05, 4.69) is 25.1 Å². The smallest absolute Gasteiger partial charge is 0.0686 e. The molecule has 0 rings (SSSR count). The Morgan fingerprint density at radius 3 is 2.50 bits per heavy atom. The van der Waals surface area contributed by atoms with Crippen molar-refractivity contribution in [3.8, 4) is 12.3 Å². The summed E-state index contributed by atoms with van der Waals surface area (Å²) in [7, 11) is 0. The Kier molecular flexibility index (Phi) is 6.32. The molecule has 58 valence electrons. The van der Waals surface area contributed by atoms with Crippen LogP contribution in [0.4, 0.5) is 0 Å². The van der Waals surface area contributed by atoms with Gasteiger partial charge in [-0.15, -0.1) is 6.42 Å². The molecule has 0 amide bonds. The van der Waals surface area contributed by atoms with Crippen molar-refractivity contribution >= 4 is 0 Å². The molecule has 0 saturated heterocycles. The summed E-state index contributed by atoms with van der Waals surface area (Å²) in [6.07, 6.45) is 8.69. The number of hydrogen-bond donors (Lipinski definition) is 1. The summed E-state index contributed by atoms with van der Waals surface area (Å²) >= 11 is 0. The summed E-state index contributed by atoms with van der Waals surface area (Å²) < 4.78 is 0. The van der Waals surface area contributed by atoms with Gasteiger partial charge >= 0.3 is 0 Å². The van der Waals surface area contributed by atoms with Gasteiger partial charge in [-0.25, -0.2) is 0 Å². The van der Waals surface area contributed by atoms with Crippen LogP contribution in [0.25, 0.3) is 0 Å². The summed E-state index contributed by atoms with van der Waals surface area (Å²) in [4.78, 5) is 0. The van der Waals surface area contributed by atoms with Crippen molar-refractivity contribution in [3.05, 3.63) is 0 Å². The van der Waals surface area contributed by atoms with Crippen LogP contribution in [0, 0.1) is 12.3 Å². The van der Waals surface area contributed by atoms with Gasteiger partial charge in [-0.2, -0.15) is 0 Å². The Bertz CT molecular complexity index is 102. The maximum Gasteiger partial charge on any atom is 0.0686 e. The van der Waals surface area contributed by atoms with Crippen molar-refractivity contribution in [3.63, 3.8) is 0 Å². The molecule has 1 N–H and O–H groups in total. The van der Waals surface area contributed by atoms with Crippen molar-refractivity contribution in [2.24, 2.45) is 0 Å². The van der Waals surface area contributed by atoms with Gasteiger partial charge in [-0.1, -0.05) is 26.2 Å². The van der Waals surface area contributed by atoms with E-state index >= 15 is 0 Å². The first-order valence-corrected chi connectivity index (χ1v) is 4.04. The molecule has 0 spiro atoms. The Balaban J connectivity index is 3.33. The molecule has 0 aromatic rings. The van der Waals surface area contributed by atoms with Gasteiger partial charge in [0, 0.05) is 0 Å². The fraction of sp³-hybridized carbons (Fsp3) is 0.778. The summed E-state index contributed by atoms with van der Waals surface area (Å²) in [5, 5.41) is 3.28. The van der Waals surface area contributed by atoms with Crippen molar-refractivity contribution in [1.29, 1.82) is 0 Å². The predicted octanol–water partition coefficient (Wildman–Crippen LogP) is 1.79. The molecule has 1 unspecified atom stereocenters. The third-order valence-electron chi connectivity index (χ3n) is 1.42. The lowest BCUT2D eigenvalue weighted by Crippen LogP contribution is -2.27. The normalized spacial score (nSPS) is 12.5. The van der Waals surface area contributed by atoms with Gasteiger partial charge in [-0.3, -0.25) is 0 Å². The van der Waals surface area contributed by atoms with Crippen LogP contribution in [-0.2, 0) is 0 Å². The highest BCUT2D eigenvalue weighted by Gasteiger charge is 1.98. The number of rotatable bonds is 5. The van der Waals surface area contributed by atoms with Gasteiger partial charge < -0.3 is 5.32 Å². The first kappa shape index (κ1) is 9.52. The topological polar surface area (TPSA) is 12.0 Å². The third kappa shape index (κ3) is 4.40. The van der Waals surface area contributed by atoms with Crippen LogP contribution in [0.5, 0.6) is 0 Å². The van der Waals surface area contributed by atoms with E-state index in [1.54, 1.807) is 0 Å². The Morgan fingerprint density at radius 2 is 2.10 bits per heavy atom. The number of terminal acetylenes is 1. The second-order valence-corrected chi connectivity index (χ2v) is 2.46. The van der Waals surface area contributed by atoms with Crippen molar-refractivity contribution in [2.45, 2.75) is 39.2 Å². The Morgan fingerprint density at radius 1 is 1.40 bits per heavy atom. The van der Waals surface area contributed by atoms with Gasteiger partial charge in [0.2, 0.25) is 0 Å². The molecule has 0 fully saturated rings. The minimum Gasteiger partial charge on any atom is -0.304 e.